The van der Waals surface area contributed by atoms with Crippen molar-refractivity contribution >= 4 is 12.4 Å². The zero-order valence-electron chi connectivity index (χ0n) is 12.3. The lowest BCUT2D eigenvalue weighted by atomic mass is 9.99. The molecule has 0 amide bonds. The number of benzene rings is 2. The van der Waals surface area contributed by atoms with Crippen LogP contribution in [-0.2, 0) is 11.3 Å². The van der Waals surface area contributed by atoms with Crippen molar-refractivity contribution in [1.29, 1.82) is 0 Å². The van der Waals surface area contributed by atoms with Crippen molar-refractivity contribution in [3.63, 3.8) is 0 Å². The summed E-state index contributed by atoms with van der Waals surface area (Å²) in [6, 6.07) is 7.65. The van der Waals surface area contributed by atoms with Gasteiger partial charge in [0.15, 0.2) is 0 Å². The maximum absolute atomic E-state index is 14.2. The maximum atomic E-state index is 14.2. The topological polar surface area (TPSA) is 21.3 Å². The third-order valence-electron chi connectivity index (χ3n) is 3.79. The minimum atomic E-state index is -0.783. The van der Waals surface area contributed by atoms with Gasteiger partial charge in [-0.25, -0.2) is 13.2 Å². The van der Waals surface area contributed by atoms with Gasteiger partial charge in [0.1, 0.15) is 17.5 Å². The monoisotopic (exact) mass is 343 g/mol. The summed E-state index contributed by atoms with van der Waals surface area (Å²) in [7, 11) is 0. The highest BCUT2D eigenvalue weighted by Gasteiger charge is 2.18. The van der Waals surface area contributed by atoms with Crippen molar-refractivity contribution in [3.8, 4) is 11.1 Å². The molecule has 1 saturated heterocycles. The van der Waals surface area contributed by atoms with Crippen LogP contribution in [0.25, 0.3) is 11.1 Å². The maximum Gasteiger partial charge on any atom is 0.134 e. The van der Waals surface area contributed by atoms with Crippen molar-refractivity contribution in [3.05, 3.63) is 59.4 Å². The Bertz CT molecular complexity index is 675. The lowest BCUT2D eigenvalue weighted by molar-refractivity contribution is 0.0543. The number of ether oxygens (including phenoxy) is 1. The van der Waals surface area contributed by atoms with Gasteiger partial charge in [0.05, 0.1) is 12.7 Å². The summed E-state index contributed by atoms with van der Waals surface area (Å²) >= 11 is 0. The molecule has 0 unspecified atom stereocenters. The number of halogens is 4. The second kappa shape index (κ2) is 7.81. The molecule has 2 aromatic carbocycles. The fourth-order valence-corrected chi connectivity index (χ4v) is 2.66. The fourth-order valence-electron chi connectivity index (χ4n) is 2.66. The van der Waals surface area contributed by atoms with Gasteiger partial charge in [-0.3, -0.25) is 0 Å². The molecule has 1 aliphatic heterocycles. The lowest BCUT2D eigenvalue weighted by Gasteiger charge is -2.15. The van der Waals surface area contributed by atoms with Gasteiger partial charge in [-0.2, -0.15) is 0 Å². The second-order valence-electron chi connectivity index (χ2n) is 5.32. The summed E-state index contributed by atoms with van der Waals surface area (Å²) < 4.78 is 47.0. The molecule has 0 saturated carbocycles. The van der Waals surface area contributed by atoms with Crippen LogP contribution in [0.3, 0.4) is 0 Å². The standard InChI is InChI=1S/C17H16F3NO.ClH/c18-12-4-5-14(16(20)8-12)17-11(2-1-3-15(17)19)10-22-13-6-7-21-9-13;/h1-5,8,13,21H,6-7,9-10H2;1H/t13-;/m0./s1. The molecule has 1 N–H and O–H groups in total. The predicted octanol–water partition coefficient (Wildman–Crippen LogP) is 4.07. The van der Waals surface area contributed by atoms with Gasteiger partial charge in [-0.05, 0) is 36.7 Å². The smallest absolute Gasteiger partial charge is 0.134 e. The highest BCUT2D eigenvalue weighted by molar-refractivity contribution is 5.85. The minimum Gasteiger partial charge on any atom is -0.372 e. The Labute approximate surface area is 139 Å². The predicted molar refractivity (Wildman–Crippen MR) is 85.1 cm³/mol. The summed E-state index contributed by atoms with van der Waals surface area (Å²) in [6.07, 6.45) is 0.976. The molecule has 0 spiro atoms. The van der Waals surface area contributed by atoms with Gasteiger partial charge in [0.25, 0.3) is 0 Å². The zero-order chi connectivity index (χ0) is 15.5. The van der Waals surface area contributed by atoms with Crippen LogP contribution in [0.15, 0.2) is 36.4 Å². The first-order chi connectivity index (χ1) is 10.6. The molecule has 0 aromatic heterocycles. The largest absolute Gasteiger partial charge is 0.372 e. The molecular weight excluding hydrogens is 327 g/mol. The van der Waals surface area contributed by atoms with Gasteiger partial charge in [-0.1, -0.05) is 12.1 Å². The van der Waals surface area contributed by atoms with E-state index in [1.165, 1.54) is 12.1 Å². The van der Waals surface area contributed by atoms with Crippen LogP contribution >= 0.6 is 12.4 Å². The van der Waals surface area contributed by atoms with Gasteiger partial charge in [0.2, 0.25) is 0 Å². The number of nitrogens with one attached hydrogen (secondary N) is 1. The van der Waals surface area contributed by atoms with E-state index >= 15 is 0 Å². The average Bonchev–Trinajstić information content (AvgIpc) is 2.99. The van der Waals surface area contributed by atoms with Crippen molar-refractivity contribution < 1.29 is 17.9 Å². The molecule has 1 fully saturated rings. The number of rotatable bonds is 4. The van der Waals surface area contributed by atoms with Gasteiger partial charge >= 0.3 is 0 Å². The summed E-state index contributed by atoms with van der Waals surface area (Å²) in [6.45, 7) is 1.85. The van der Waals surface area contributed by atoms with Gasteiger partial charge in [0, 0.05) is 23.7 Å². The highest BCUT2D eigenvalue weighted by Crippen LogP contribution is 2.30. The first kappa shape index (κ1) is 17.8. The summed E-state index contributed by atoms with van der Waals surface area (Å²) in [5.74, 6) is -2.02. The molecule has 0 aliphatic carbocycles. The first-order valence-corrected chi connectivity index (χ1v) is 7.20. The van der Waals surface area contributed by atoms with E-state index in [4.69, 9.17) is 4.74 Å². The van der Waals surface area contributed by atoms with Crippen LogP contribution in [0.5, 0.6) is 0 Å². The number of hydrogen-bond acceptors (Lipinski definition) is 2. The summed E-state index contributed by atoms with van der Waals surface area (Å²) in [4.78, 5) is 0. The average molecular weight is 344 g/mol. The fraction of sp³-hybridized carbons (Fsp3) is 0.294. The van der Waals surface area contributed by atoms with E-state index in [2.05, 4.69) is 5.32 Å². The van der Waals surface area contributed by atoms with Crippen molar-refractivity contribution in [2.24, 2.45) is 0 Å². The molecule has 0 bridgehead atoms. The van der Waals surface area contributed by atoms with Crippen LogP contribution in [0.1, 0.15) is 12.0 Å². The van der Waals surface area contributed by atoms with E-state index in [1.807, 2.05) is 0 Å². The first-order valence-electron chi connectivity index (χ1n) is 7.20. The molecule has 23 heavy (non-hydrogen) atoms. The molecular formula is C17H17ClF3NO. The summed E-state index contributed by atoms with van der Waals surface area (Å²) in [5, 5.41) is 3.18. The van der Waals surface area contributed by atoms with Crippen LogP contribution in [0.4, 0.5) is 13.2 Å². The Morgan fingerprint density at radius 3 is 2.61 bits per heavy atom. The Balaban J connectivity index is 0.00000192. The van der Waals surface area contributed by atoms with Gasteiger partial charge in [-0.15, -0.1) is 12.4 Å². The van der Waals surface area contributed by atoms with Crippen LogP contribution in [0.2, 0.25) is 0 Å². The minimum absolute atomic E-state index is 0. The van der Waals surface area contributed by atoms with E-state index in [0.29, 0.717) is 5.56 Å². The van der Waals surface area contributed by atoms with Crippen LogP contribution in [-0.4, -0.2) is 19.2 Å². The SMILES string of the molecule is Cl.Fc1ccc(-c2c(F)cccc2CO[C@H]2CCNC2)c(F)c1. The zero-order valence-corrected chi connectivity index (χ0v) is 13.1. The van der Waals surface area contributed by atoms with E-state index in [9.17, 15) is 13.2 Å². The Morgan fingerprint density at radius 2 is 1.91 bits per heavy atom. The molecule has 124 valence electrons. The lowest BCUT2D eigenvalue weighted by Crippen LogP contribution is -2.16. The van der Waals surface area contributed by atoms with E-state index in [-0.39, 0.29) is 36.2 Å². The molecule has 1 atom stereocenters. The summed E-state index contributed by atoms with van der Waals surface area (Å²) in [5.41, 5.74) is 0.728. The third kappa shape index (κ3) is 4.05. The van der Waals surface area contributed by atoms with Gasteiger partial charge < -0.3 is 10.1 Å². The molecule has 0 radical (unpaired) electrons. The molecule has 1 heterocycles. The molecule has 6 heteroatoms. The molecule has 3 rings (SSSR count). The van der Waals surface area contributed by atoms with Crippen molar-refractivity contribution in [2.45, 2.75) is 19.1 Å². The van der Waals surface area contributed by atoms with E-state index in [1.54, 1.807) is 12.1 Å². The molecule has 1 aliphatic rings. The normalized spacial score (nSPS) is 17.1. The second-order valence-corrected chi connectivity index (χ2v) is 5.32. The third-order valence-corrected chi connectivity index (χ3v) is 3.79. The Morgan fingerprint density at radius 1 is 1.09 bits per heavy atom. The van der Waals surface area contributed by atoms with E-state index < -0.39 is 17.5 Å². The van der Waals surface area contributed by atoms with Crippen LogP contribution in [0, 0.1) is 17.5 Å². The quantitative estimate of drug-likeness (QED) is 0.903. The van der Waals surface area contributed by atoms with E-state index in [0.717, 1.165) is 31.6 Å². The van der Waals surface area contributed by atoms with Crippen LogP contribution < -0.4 is 5.32 Å². The van der Waals surface area contributed by atoms with Crippen molar-refractivity contribution in [1.82, 2.24) is 5.32 Å². The molecule has 2 aromatic rings. The number of hydrogen-bond donors (Lipinski definition) is 1. The van der Waals surface area contributed by atoms with Crippen molar-refractivity contribution in [2.75, 3.05) is 13.1 Å². The Kier molecular flexibility index (Phi) is 6.04. The Hall–Kier alpha value is -1.56. The highest BCUT2D eigenvalue weighted by atomic mass is 35.5. The molecule has 2 nitrogen and oxygen atoms in total.